The standard InChI is InChI=1S/C18H20N2O6/c1-4-16(26-14-8-6-13(24-2)7-9-14)18(21)19-15-11-12(20(22)23)5-10-17(15)25-3/h5-11,16H,4H2,1-3H3,(H,19,21)/t16-/m0/s1. The average molecular weight is 360 g/mol. The van der Waals surface area contributed by atoms with Crippen molar-refractivity contribution >= 4 is 17.3 Å². The summed E-state index contributed by atoms with van der Waals surface area (Å²) >= 11 is 0. The fourth-order valence-corrected chi connectivity index (χ4v) is 2.26. The maximum atomic E-state index is 12.5. The van der Waals surface area contributed by atoms with Gasteiger partial charge in [-0.2, -0.15) is 0 Å². The molecule has 0 unspecified atom stereocenters. The number of benzene rings is 2. The maximum absolute atomic E-state index is 12.5. The highest BCUT2D eigenvalue weighted by atomic mass is 16.6. The van der Waals surface area contributed by atoms with Gasteiger partial charge in [0.05, 0.1) is 24.8 Å². The SMILES string of the molecule is CC[C@H](Oc1ccc(OC)cc1)C(=O)Nc1cc([N+](=O)[O-])ccc1OC. The maximum Gasteiger partial charge on any atom is 0.271 e. The Kier molecular flexibility index (Phi) is 6.37. The van der Waals surface area contributed by atoms with Crippen LogP contribution in [0.1, 0.15) is 13.3 Å². The molecule has 0 saturated carbocycles. The number of carbonyl (C=O) groups is 1. The van der Waals surface area contributed by atoms with Crippen molar-refractivity contribution in [2.24, 2.45) is 0 Å². The predicted molar refractivity (Wildman–Crippen MR) is 96.0 cm³/mol. The second-order valence-corrected chi connectivity index (χ2v) is 5.32. The molecule has 1 atom stereocenters. The molecule has 26 heavy (non-hydrogen) atoms. The van der Waals surface area contributed by atoms with Gasteiger partial charge in [0.15, 0.2) is 6.10 Å². The van der Waals surface area contributed by atoms with Crippen LogP contribution in [0.4, 0.5) is 11.4 Å². The van der Waals surface area contributed by atoms with Crippen molar-refractivity contribution in [1.29, 1.82) is 0 Å². The minimum Gasteiger partial charge on any atom is -0.497 e. The zero-order valence-corrected chi connectivity index (χ0v) is 14.7. The number of carbonyl (C=O) groups excluding carboxylic acids is 1. The van der Waals surface area contributed by atoms with Crippen LogP contribution in [0, 0.1) is 10.1 Å². The van der Waals surface area contributed by atoms with Crippen LogP contribution in [0.3, 0.4) is 0 Å². The van der Waals surface area contributed by atoms with Gasteiger partial charge in [0.2, 0.25) is 0 Å². The fraction of sp³-hybridized carbons (Fsp3) is 0.278. The Hall–Kier alpha value is -3.29. The topological polar surface area (TPSA) is 99.9 Å². The second-order valence-electron chi connectivity index (χ2n) is 5.32. The molecule has 0 bridgehead atoms. The van der Waals surface area contributed by atoms with Crippen LogP contribution < -0.4 is 19.5 Å². The molecule has 0 heterocycles. The van der Waals surface area contributed by atoms with Gasteiger partial charge in [-0.15, -0.1) is 0 Å². The van der Waals surface area contributed by atoms with Crippen molar-refractivity contribution in [2.45, 2.75) is 19.4 Å². The van der Waals surface area contributed by atoms with Crippen molar-refractivity contribution in [3.05, 3.63) is 52.6 Å². The molecule has 0 fully saturated rings. The molecule has 0 aliphatic rings. The first-order valence-corrected chi connectivity index (χ1v) is 7.92. The first-order valence-electron chi connectivity index (χ1n) is 7.92. The van der Waals surface area contributed by atoms with Gasteiger partial charge in [-0.3, -0.25) is 14.9 Å². The summed E-state index contributed by atoms with van der Waals surface area (Å²) < 4.78 is 15.9. The van der Waals surface area contributed by atoms with Crippen LogP contribution in [0.2, 0.25) is 0 Å². The number of hydrogen-bond donors (Lipinski definition) is 1. The van der Waals surface area contributed by atoms with E-state index in [1.54, 1.807) is 38.3 Å². The number of rotatable bonds is 8. The van der Waals surface area contributed by atoms with Gasteiger partial charge in [0.1, 0.15) is 17.2 Å². The number of methoxy groups -OCH3 is 2. The zero-order chi connectivity index (χ0) is 19.1. The minimum atomic E-state index is -0.771. The van der Waals surface area contributed by atoms with Crippen LogP contribution in [0.15, 0.2) is 42.5 Å². The molecule has 2 aromatic rings. The molecule has 138 valence electrons. The Morgan fingerprint density at radius 1 is 1.12 bits per heavy atom. The number of hydrogen-bond acceptors (Lipinski definition) is 6. The van der Waals surface area contributed by atoms with E-state index in [1.807, 2.05) is 0 Å². The van der Waals surface area contributed by atoms with Crippen molar-refractivity contribution in [2.75, 3.05) is 19.5 Å². The number of ether oxygens (including phenoxy) is 3. The number of nitrogens with zero attached hydrogens (tertiary/aromatic N) is 1. The normalized spacial score (nSPS) is 11.3. The summed E-state index contributed by atoms with van der Waals surface area (Å²) in [7, 11) is 2.98. The fourth-order valence-electron chi connectivity index (χ4n) is 2.26. The smallest absolute Gasteiger partial charge is 0.271 e. The van der Waals surface area contributed by atoms with Gasteiger partial charge < -0.3 is 19.5 Å². The molecule has 1 N–H and O–H groups in total. The van der Waals surface area contributed by atoms with E-state index in [1.165, 1.54) is 25.3 Å². The van der Waals surface area contributed by atoms with E-state index in [9.17, 15) is 14.9 Å². The third-order valence-electron chi connectivity index (χ3n) is 3.65. The number of non-ortho nitro benzene ring substituents is 1. The van der Waals surface area contributed by atoms with Gasteiger partial charge >= 0.3 is 0 Å². The molecule has 2 aromatic carbocycles. The Morgan fingerprint density at radius 3 is 2.31 bits per heavy atom. The van der Waals surface area contributed by atoms with Gasteiger partial charge in [0, 0.05) is 12.1 Å². The quantitative estimate of drug-likeness (QED) is 0.572. The van der Waals surface area contributed by atoms with E-state index < -0.39 is 16.9 Å². The molecule has 8 nitrogen and oxygen atoms in total. The summed E-state index contributed by atoms with van der Waals surface area (Å²) in [6.45, 7) is 1.80. The number of nitro groups is 1. The van der Waals surface area contributed by atoms with Crippen LogP contribution in [0.5, 0.6) is 17.2 Å². The number of amides is 1. The van der Waals surface area contributed by atoms with Crippen LogP contribution in [0.25, 0.3) is 0 Å². The molecule has 0 spiro atoms. The lowest BCUT2D eigenvalue weighted by molar-refractivity contribution is -0.384. The van der Waals surface area contributed by atoms with E-state index >= 15 is 0 Å². The lowest BCUT2D eigenvalue weighted by Crippen LogP contribution is -2.32. The van der Waals surface area contributed by atoms with Crippen molar-refractivity contribution in [3.8, 4) is 17.2 Å². The van der Waals surface area contributed by atoms with E-state index in [-0.39, 0.29) is 11.4 Å². The highest BCUT2D eigenvalue weighted by Gasteiger charge is 2.21. The van der Waals surface area contributed by atoms with Crippen LogP contribution in [-0.2, 0) is 4.79 Å². The molecule has 2 rings (SSSR count). The Morgan fingerprint density at radius 2 is 1.77 bits per heavy atom. The van der Waals surface area contributed by atoms with Crippen LogP contribution in [-0.4, -0.2) is 31.2 Å². The molecule has 0 aliphatic heterocycles. The molecule has 0 aromatic heterocycles. The zero-order valence-electron chi connectivity index (χ0n) is 14.7. The summed E-state index contributed by atoms with van der Waals surface area (Å²) in [5.74, 6) is 1.08. The average Bonchev–Trinajstić information content (AvgIpc) is 2.66. The Labute approximate surface area is 150 Å². The lowest BCUT2D eigenvalue weighted by Gasteiger charge is -2.18. The van der Waals surface area contributed by atoms with Gasteiger partial charge in [0.25, 0.3) is 11.6 Å². The molecule has 8 heteroatoms. The first-order chi connectivity index (χ1) is 12.5. The van der Waals surface area contributed by atoms with Gasteiger partial charge in [-0.05, 0) is 36.8 Å². The molecular weight excluding hydrogens is 340 g/mol. The summed E-state index contributed by atoms with van der Waals surface area (Å²) in [6, 6.07) is 10.8. The highest BCUT2D eigenvalue weighted by molar-refractivity contribution is 5.96. The van der Waals surface area contributed by atoms with E-state index in [0.717, 1.165) is 0 Å². The molecule has 0 radical (unpaired) electrons. The van der Waals surface area contributed by atoms with Gasteiger partial charge in [-0.25, -0.2) is 0 Å². The Bertz CT molecular complexity index is 776. The molecule has 0 saturated heterocycles. The summed E-state index contributed by atoms with van der Waals surface area (Å²) in [4.78, 5) is 22.9. The monoisotopic (exact) mass is 360 g/mol. The predicted octanol–water partition coefficient (Wildman–Crippen LogP) is 3.41. The summed E-state index contributed by atoms with van der Waals surface area (Å²) in [5.41, 5.74) is 0.0636. The van der Waals surface area contributed by atoms with E-state index in [4.69, 9.17) is 14.2 Å². The number of anilines is 1. The summed E-state index contributed by atoms with van der Waals surface area (Å²) in [5, 5.41) is 13.6. The molecule has 1 amide bonds. The third-order valence-corrected chi connectivity index (χ3v) is 3.65. The summed E-state index contributed by atoms with van der Waals surface area (Å²) in [6.07, 6.45) is -0.359. The Balaban J connectivity index is 2.15. The largest absolute Gasteiger partial charge is 0.497 e. The van der Waals surface area contributed by atoms with Crippen molar-refractivity contribution in [1.82, 2.24) is 0 Å². The first kappa shape index (κ1) is 19.0. The minimum absolute atomic E-state index is 0.148. The van der Waals surface area contributed by atoms with E-state index in [0.29, 0.717) is 23.7 Å². The molecular formula is C18H20N2O6. The lowest BCUT2D eigenvalue weighted by atomic mass is 10.2. The molecule has 0 aliphatic carbocycles. The number of nitro benzene ring substituents is 1. The van der Waals surface area contributed by atoms with Crippen molar-refractivity contribution in [3.63, 3.8) is 0 Å². The van der Waals surface area contributed by atoms with Crippen molar-refractivity contribution < 1.29 is 23.9 Å². The van der Waals surface area contributed by atoms with Gasteiger partial charge in [-0.1, -0.05) is 6.92 Å². The second kappa shape index (κ2) is 8.70. The van der Waals surface area contributed by atoms with Crippen LogP contribution >= 0.6 is 0 Å². The third kappa shape index (κ3) is 4.62. The highest BCUT2D eigenvalue weighted by Crippen LogP contribution is 2.29. The number of nitrogens with one attached hydrogen (secondary N) is 1. The van der Waals surface area contributed by atoms with E-state index in [2.05, 4.69) is 5.32 Å².